The third kappa shape index (κ3) is 4.33. The van der Waals surface area contributed by atoms with Gasteiger partial charge in [-0.05, 0) is 31.0 Å². The Balaban J connectivity index is 1.79. The van der Waals surface area contributed by atoms with Gasteiger partial charge < -0.3 is 14.7 Å². The molecular formula is C19H21N3O5. The summed E-state index contributed by atoms with van der Waals surface area (Å²) >= 11 is 0. The minimum atomic E-state index is -0.900. The van der Waals surface area contributed by atoms with Crippen LogP contribution in [0, 0.1) is 5.92 Å². The molecule has 1 saturated heterocycles. The Morgan fingerprint density at radius 2 is 2.11 bits per heavy atom. The minimum absolute atomic E-state index is 0.165. The van der Waals surface area contributed by atoms with E-state index >= 15 is 0 Å². The van der Waals surface area contributed by atoms with E-state index < -0.39 is 11.9 Å². The fourth-order valence-electron chi connectivity index (χ4n) is 3.13. The number of hydrogen-bond acceptors (Lipinski definition) is 5. The van der Waals surface area contributed by atoms with Crippen LogP contribution in [0.1, 0.15) is 12.8 Å². The van der Waals surface area contributed by atoms with E-state index in [0.717, 1.165) is 10.2 Å². The number of aromatic nitrogens is 2. The Hall–Kier alpha value is -3.16. The van der Waals surface area contributed by atoms with E-state index in [-0.39, 0.29) is 24.6 Å². The van der Waals surface area contributed by atoms with Gasteiger partial charge >= 0.3 is 5.97 Å². The number of nitrogens with zero attached hydrogens (tertiary/aromatic N) is 3. The summed E-state index contributed by atoms with van der Waals surface area (Å²) in [7, 11) is 1.56. The van der Waals surface area contributed by atoms with Crippen LogP contribution in [0.15, 0.2) is 41.2 Å². The lowest BCUT2D eigenvalue weighted by Crippen LogP contribution is -2.44. The number of piperidine rings is 1. The van der Waals surface area contributed by atoms with Gasteiger partial charge in [0.2, 0.25) is 5.91 Å². The fraction of sp³-hybridized carbons (Fsp3) is 0.368. The number of benzene rings is 1. The lowest BCUT2D eigenvalue weighted by molar-refractivity contribution is -0.145. The highest BCUT2D eigenvalue weighted by Crippen LogP contribution is 2.21. The molecule has 1 amide bonds. The van der Waals surface area contributed by atoms with Gasteiger partial charge in [0.1, 0.15) is 12.3 Å². The Labute approximate surface area is 156 Å². The van der Waals surface area contributed by atoms with Crippen LogP contribution >= 0.6 is 0 Å². The molecule has 142 valence electrons. The molecule has 0 radical (unpaired) electrons. The number of rotatable bonds is 5. The standard InChI is InChI=1S/C19H21N3O5/c1-27-15-6-2-4-13(10-15)16-7-8-17(23)22(20-16)12-18(24)21-9-3-5-14(11-21)19(25)26/h2,4,6-8,10,14H,3,5,9,11-12H2,1H3,(H,25,26)/t14-/m0/s1. The monoisotopic (exact) mass is 371 g/mol. The zero-order chi connectivity index (χ0) is 19.4. The number of amides is 1. The van der Waals surface area contributed by atoms with E-state index in [1.807, 2.05) is 12.1 Å². The summed E-state index contributed by atoms with van der Waals surface area (Å²) in [5, 5.41) is 13.5. The summed E-state index contributed by atoms with van der Waals surface area (Å²) in [4.78, 5) is 37.3. The Morgan fingerprint density at radius 1 is 1.30 bits per heavy atom. The van der Waals surface area contributed by atoms with E-state index in [4.69, 9.17) is 9.84 Å². The Kier molecular flexibility index (Phi) is 5.54. The highest BCUT2D eigenvalue weighted by molar-refractivity contribution is 5.77. The molecule has 27 heavy (non-hydrogen) atoms. The van der Waals surface area contributed by atoms with Crippen molar-refractivity contribution in [2.75, 3.05) is 20.2 Å². The lowest BCUT2D eigenvalue weighted by Gasteiger charge is -2.30. The molecule has 1 aliphatic heterocycles. The predicted octanol–water partition coefficient (Wildman–Crippen LogP) is 1.24. The van der Waals surface area contributed by atoms with Crippen molar-refractivity contribution in [3.05, 3.63) is 46.8 Å². The Morgan fingerprint density at radius 3 is 2.85 bits per heavy atom. The fourth-order valence-corrected chi connectivity index (χ4v) is 3.13. The van der Waals surface area contributed by atoms with Gasteiger partial charge in [0.05, 0.1) is 18.7 Å². The molecule has 1 aromatic heterocycles. The highest BCUT2D eigenvalue weighted by atomic mass is 16.5. The molecule has 1 fully saturated rings. The third-order valence-corrected chi connectivity index (χ3v) is 4.64. The average Bonchev–Trinajstić information content (AvgIpc) is 2.69. The van der Waals surface area contributed by atoms with Crippen LogP contribution in [-0.4, -0.2) is 51.9 Å². The first kappa shape index (κ1) is 18.6. The van der Waals surface area contributed by atoms with Gasteiger partial charge in [-0.1, -0.05) is 12.1 Å². The number of aliphatic carboxylic acids is 1. The second-order valence-corrected chi connectivity index (χ2v) is 6.46. The molecule has 0 aliphatic carbocycles. The molecule has 8 nitrogen and oxygen atoms in total. The predicted molar refractivity (Wildman–Crippen MR) is 97.4 cm³/mol. The van der Waals surface area contributed by atoms with E-state index in [9.17, 15) is 14.4 Å². The molecule has 2 heterocycles. The number of carbonyl (C=O) groups excluding carboxylic acids is 1. The minimum Gasteiger partial charge on any atom is -0.497 e. The first-order valence-corrected chi connectivity index (χ1v) is 8.71. The van der Waals surface area contributed by atoms with Crippen molar-refractivity contribution < 1.29 is 19.4 Å². The van der Waals surface area contributed by atoms with Crippen LogP contribution in [-0.2, 0) is 16.1 Å². The molecule has 2 aromatic rings. The van der Waals surface area contributed by atoms with Crippen LogP contribution in [0.2, 0.25) is 0 Å². The highest BCUT2D eigenvalue weighted by Gasteiger charge is 2.28. The molecular weight excluding hydrogens is 350 g/mol. The van der Waals surface area contributed by atoms with E-state index in [0.29, 0.717) is 30.8 Å². The number of likely N-dealkylation sites (tertiary alicyclic amines) is 1. The Bertz CT molecular complexity index is 908. The van der Waals surface area contributed by atoms with Crippen molar-refractivity contribution >= 4 is 11.9 Å². The summed E-state index contributed by atoms with van der Waals surface area (Å²) in [6, 6.07) is 10.2. The summed E-state index contributed by atoms with van der Waals surface area (Å²) < 4.78 is 6.31. The lowest BCUT2D eigenvalue weighted by atomic mass is 9.98. The van der Waals surface area contributed by atoms with Gasteiger partial charge in [0.15, 0.2) is 0 Å². The molecule has 0 spiro atoms. The molecule has 3 rings (SSSR count). The molecule has 1 atom stereocenters. The van der Waals surface area contributed by atoms with E-state index in [1.165, 1.54) is 11.0 Å². The number of hydrogen-bond donors (Lipinski definition) is 1. The van der Waals surface area contributed by atoms with Gasteiger partial charge in [-0.2, -0.15) is 5.10 Å². The molecule has 1 aromatic carbocycles. The number of carbonyl (C=O) groups is 2. The van der Waals surface area contributed by atoms with E-state index in [1.54, 1.807) is 25.3 Å². The summed E-state index contributed by atoms with van der Waals surface area (Å²) in [6.45, 7) is 0.439. The maximum atomic E-state index is 12.5. The largest absolute Gasteiger partial charge is 0.497 e. The van der Waals surface area contributed by atoms with Crippen LogP contribution in [0.25, 0.3) is 11.3 Å². The van der Waals surface area contributed by atoms with E-state index in [2.05, 4.69) is 5.10 Å². The smallest absolute Gasteiger partial charge is 0.308 e. The van der Waals surface area contributed by atoms with Crippen molar-refractivity contribution in [2.45, 2.75) is 19.4 Å². The quantitative estimate of drug-likeness (QED) is 0.849. The van der Waals surface area contributed by atoms with Crippen LogP contribution in [0.5, 0.6) is 5.75 Å². The van der Waals surface area contributed by atoms with Crippen molar-refractivity contribution in [1.29, 1.82) is 0 Å². The van der Waals surface area contributed by atoms with Crippen LogP contribution in [0.4, 0.5) is 0 Å². The maximum absolute atomic E-state index is 12.5. The average molecular weight is 371 g/mol. The van der Waals surface area contributed by atoms with Crippen molar-refractivity contribution in [3.63, 3.8) is 0 Å². The number of carboxylic acids is 1. The topological polar surface area (TPSA) is 102 Å². The first-order chi connectivity index (χ1) is 13.0. The second-order valence-electron chi connectivity index (χ2n) is 6.46. The van der Waals surface area contributed by atoms with Gasteiger partial charge in [-0.25, -0.2) is 4.68 Å². The van der Waals surface area contributed by atoms with Gasteiger partial charge in [0, 0.05) is 24.7 Å². The number of methoxy groups -OCH3 is 1. The second kappa shape index (κ2) is 8.03. The summed E-state index contributed by atoms with van der Waals surface area (Å²) in [6.07, 6.45) is 1.19. The molecule has 8 heteroatoms. The van der Waals surface area contributed by atoms with Crippen molar-refractivity contribution in [3.8, 4) is 17.0 Å². The molecule has 0 bridgehead atoms. The third-order valence-electron chi connectivity index (χ3n) is 4.64. The van der Waals surface area contributed by atoms with Crippen LogP contribution < -0.4 is 10.3 Å². The van der Waals surface area contributed by atoms with Gasteiger partial charge in [0.25, 0.3) is 5.56 Å². The maximum Gasteiger partial charge on any atom is 0.308 e. The van der Waals surface area contributed by atoms with Crippen LogP contribution in [0.3, 0.4) is 0 Å². The zero-order valence-electron chi connectivity index (χ0n) is 15.0. The molecule has 0 unspecified atom stereocenters. The van der Waals surface area contributed by atoms with Crippen molar-refractivity contribution in [1.82, 2.24) is 14.7 Å². The first-order valence-electron chi connectivity index (χ1n) is 8.71. The molecule has 0 saturated carbocycles. The summed E-state index contributed by atoms with van der Waals surface area (Å²) in [5.74, 6) is -1.10. The molecule has 1 N–H and O–H groups in total. The SMILES string of the molecule is COc1cccc(-c2ccc(=O)n(CC(=O)N3CCC[C@H](C(=O)O)C3)n2)c1. The van der Waals surface area contributed by atoms with Gasteiger partial charge in [-0.3, -0.25) is 14.4 Å². The van der Waals surface area contributed by atoms with Gasteiger partial charge in [-0.15, -0.1) is 0 Å². The normalized spacial score (nSPS) is 16.8. The molecule has 1 aliphatic rings. The number of ether oxygens (including phenoxy) is 1. The summed E-state index contributed by atoms with van der Waals surface area (Å²) in [5.41, 5.74) is 0.921. The van der Waals surface area contributed by atoms with Crippen molar-refractivity contribution in [2.24, 2.45) is 5.92 Å². The number of carboxylic acid groups (broad SMARTS) is 1. The zero-order valence-corrected chi connectivity index (χ0v) is 15.0.